The van der Waals surface area contributed by atoms with E-state index in [4.69, 9.17) is 32.7 Å². The highest BCUT2D eigenvalue weighted by Crippen LogP contribution is 2.31. The van der Waals surface area contributed by atoms with Crippen molar-refractivity contribution in [1.82, 2.24) is 0 Å². The average Bonchev–Trinajstić information content (AvgIpc) is 2.32. The van der Waals surface area contributed by atoms with Crippen molar-refractivity contribution in [1.29, 1.82) is 0 Å². The number of esters is 1. The van der Waals surface area contributed by atoms with E-state index < -0.39 is 10.9 Å². The Morgan fingerprint density at radius 2 is 2.06 bits per heavy atom. The van der Waals surface area contributed by atoms with Crippen molar-refractivity contribution in [2.75, 3.05) is 20.3 Å². The number of nitro benzene ring substituents is 1. The summed E-state index contributed by atoms with van der Waals surface area (Å²) >= 11 is 11.5. The highest BCUT2D eigenvalue weighted by molar-refractivity contribution is 6.43. The number of carbonyl (C=O) groups is 1. The summed E-state index contributed by atoms with van der Waals surface area (Å²) in [6.45, 7) is 0.234. The second kappa shape index (κ2) is 6.53. The first-order valence-corrected chi connectivity index (χ1v) is 5.52. The number of benzene rings is 1. The lowest BCUT2D eigenvalue weighted by atomic mass is 10.2. The van der Waals surface area contributed by atoms with Crippen molar-refractivity contribution in [3.05, 3.63) is 37.9 Å². The Hall–Kier alpha value is -1.37. The first-order valence-electron chi connectivity index (χ1n) is 4.77. The minimum Gasteiger partial charge on any atom is -0.460 e. The molecule has 0 spiro atoms. The van der Waals surface area contributed by atoms with Gasteiger partial charge in [-0.25, -0.2) is 4.79 Å². The van der Waals surface area contributed by atoms with Crippen LogP contribution >= 0.6 is 23.2 Å². The third-order valence-corrected chi connectivity index (χ3v) is 2.77. The molecule has 1 aromatic carbocycles. The number of halogens is 2. The summed E-state index contributed by atoms with van der Waals surface area (Å²) in [5, 5.41) is 10.5. The zero-order valence-electron chi connectivity index (χ0n) is 9.31. The molecule has 0 amide bonds. The van der Waals surface area contributed by atoms with Crippen LogP contribution in [-0.4, -0.2) is 31.2 Å². The molecule has 0 saturated carbocycles. The largest absolute Gasteiger partial charge is 0.460 e. The number of nitro groups is 1. The number of hydrogen-bond acceptors (Lipinski definition) is 5. The number of ether oxygens (including phenoxy) is 2. The Morgan fingerprint density at radius 3 is 2.61 bits per heavy atom. The molecule has 0 aliphatic carbocycles. The third kappa shape index (κ3) is 3.56. The second-order valence-corrected chi connectivity index (χ2v) is 3.96. The maximum absolute atomic E-state index is 11.6. The Balaban J connectivity index is 2.99. The highest BCUT2D eigenvalue weighted by Gasteiger charge is 2.20. The van der Waals surface area contributed by atoms with Crippen molar-refractivity contribution >= 4 is 34.9 Å². The summed E-state index contributed by atoms with van der Waals surface area (Å²) in [4.78, 5) is 21.6. The van der Waals surface area contributed by atoms with Crippen LogP contribution in [0.25, 0.3) is 0 Å². The van der Waals surface area contributed by atoms with Crippen LogP contribution in [0.1, 0.15) is 10.4 Å². The predicted molar refractivity (Wildman–Crippen MR) is 65.3 cm³/mol. The van der Waals surface area contributed by atoms with Crippen molar-refractivity contribution in [3.8, 4) is 0 Å². The van der Waals surface area contributed by atoms with E-state index in [1.165, 1.54) is 7.11 Å². The van der Waals surface area contributed by atoms with E-state index >= 15 is 0 Å². The summed E-state index contributed by atoms with van der Waals surface area (Å²) in [5.41, 5.74) is -0.477. The van der Waals surface area contributed by atoms with Crippen LogP contribution in [0.15, 0.2) is 12.1 Å². The van der Waals surface area contributed by atoms with Gasteiger partial charge in [0.25, 0.3) is 5.69 Å². The van der Waals surface area contributed by atoms with Gasteiger partial charge in [0.1, 0.15) is 6.61 Å². The van der Waals surface area contributed by atoms with Crippen molar-refractivity contribution < 1.29 is 19.2 Å². The topological polar surface area (TPSA) is 78.7 Å². The summed E-state index contributed by atoms with van der Waals surface area (Å²) in [6.07, 6.45) is 0. The van der Waals surface area contributed by atoms with Gasteiger partial charge in [0.15, 0.2) is 0 Å². The zero-order valence-corrected chi connectivity index (χ0v) is 10.8. The molecule has 0 aliphatic rings. The number of nitrogens with zero attached hydrogens (tertiary/aromatic N) is 1. The van der Waals surface area contributed by atoms with Gasteiger partial charge in [-0.15, -0.1) is 0 Å². The molecule has 0 atom stereocenters. The quantitative estimate of drug-likeness (QED) is 0.361. The number of non-ortho nitro benzene ring substituents is 1. The van der Waals surface area contributed by atoms with Crippen LogP contribution in [0.3, 0.4) is 0 Å². The maximum atomic E-state index is 11.6. The van der Waals surface area contributed by atoms with E-state index in [1.807, 2.05) is 0 Å². The van der Waals surface area contributed by atoms with Gasteiger partial charge >= 0.3 is 5.97 Å². The molecule has 98 valence electrons. The van der Waals surface area contributed by atoms with E-state index in [1.54, 1.807) is 0 Å². The van der Waals surface area contributed by atoms with Gasteiger partial charge in [-0.1, -0.05) is 23.2 Å². The Morgan fingerprint density at radius 1 is 1.39 bits per heavy atom. The predicted octanol–water partition coefficient (Wildman–Crippen LogP) is 2.70. The summed E-state index contributed by atoms with van der Waals surface area (Å²) in [5.74, 6) is -0.789. The summed E-state index contributed by atoms with van der Waals surface area (Å²) < 4.78 is 9.51. The SMILES string of the molecule is COCCOC(=O)c1cc([N+](=O)[O-])cc(Cl)c1Cl. The zero-order chi connectivity index (χ0) is 13.7. The summed E-state index contributed by atoms with van der Waals surface area (Å²) in [6, 6.07) is 2.08. The highest BCUT2D eigenvalue weighted by atomic mass is 35.5. The van der Waals surface area contributed by atoms with Gasteiger partial charge in [0.05, 0.1) is 27.1 Å². The maximum Gasteiger partial charge on any atom is 0.340 e. The first kappa shape index (κ1) is 14.7. The van der Waals surface area contributed by atoms with Gasteiger partial charge in [0, 0.05) is 19.2 Å². The molecule has 0 radical (unpaired) electrons. The van der Waals surface area contributed by atoms with Gasteiger partial charge in [-0.2, -0.15) is 0 Å². The molecule has 1 aromatic rings. The molecule has 6 nitrogen and oxygen atoms in total. The number of hydrogen-bond donors (Lipinski definition) is 0. The summed E-state index contributed by atoms with van der Waals surface area (Å²) in [7, 11) is 1.45. The van der Waals surface area contributed by atoms with Crippen LogP contribution < -0.4 is 0 Å². The van der Waals surface area contributed by atoms with Gasteiger partial charge in [-0.3, -0.25) is 10.1 Å². The molecule has 0 aliphatic heterocycles. The Bertz CT molecular complexity index is 478. The molecule has 0 bridgehead atoms. The minimum atomic E-state index is -0.789. The Labute approximate surface area is 113 Å². The lowest BCUT2D eigenvalue weighted by molar-refractivity contribution is -0.384. The van der Waals surface area contributed by atoms with E-state index in [9.17, 15) is 14.9 Å². The minimum absolute atomic E-state index is 0.0198. The molecule has 0 fully saturated rings. The molecule has 0 aromatic heterocycles. The fourth-order valence-corrected chi connectivity index (χ4v) is 1.52. The van der Waals surface area contributed by atoms with Crippen LogP contribution in [0.4, 0.5) is 5.69 Å². The second-order valence-electron chi connectivity index (χ2n) is 3.17. The van der Waals surface area contributed by atoms with E-state index in [0.29, 0.717) is 0 Å². The van der Waals surface area contributed by atoms with Crippen LogP contribution in [0.2, 0.25) is 10.0 Å². The average molecular weight is 294 g/mol. The number of carbonyl (C=O) groups excluding carboxylic acids is 1. The monoisotopic (exact) mass is 293 g/mol. The number of rotatable bonds is 5. The smallest absolute Gasteiger partial charge is 0.340 e. The lowest BCUT2D eigenvalue weighted by Crippen LogP contribution is -2.11. The third-order valence-electron chi connectivity index (χ3n) is 1.96. The molecule has 0 unspecified atom stereocenters. The van der Waals surface area contributed by atoms with E-state index in [0.717, 1.165) is 12.1 Å². The number of methoxy groups -OCH3 is 1. The van der Waals surface area contributed by atoms with Gasteiger partial charge < -0.3 is 9.47 Å². The van der Waals surface area contributed by atoms with E-state index in [-0.39, 0.29) is 34.5 Å². The molecule has 0 N–H and O–H groups in total. The molecule has 0 saturated heterocycles. The fraction of sp³-hybridized carbons (Fsp3) is 0.300. The van der Waals surface area contributed by atoms with Crippen LogP contribution in [0.5, 0.6) is 0 Å². The van der Waals surface area contributed by atoms with E-state index in [2.05, 4.69) is 0 Å². The normalized spacial score (nSPS) is 10.2. The van der Waals surface area contributed by atoms with Crippen molar-refractivity contribution in [2.45, 2.75) is 0 Å². The van der Waals surface area contributed by atoms with Crippen LogP contribution in [0, 0.1) is 10.1 Å². The molecular formula is C10H9Cl2NO5. The molecule has 1 rings (SSSR count). The van der Waals surface area contributed by atoms with Crippen molar-refractivity contribution in [3.63, 3.8) is 0 Å². The molecule has 18 heavy (non-hydrogen) atoms. The molecular weight excluding hydrogens is 285 g/mol. The molecule has 0 heterocycles. The standard InChI is InChI=1S/C10H9Cl2NO5/c1-17-2-3-18-10(14)7-4-6(13(15)16)5-8(11)9(7)12/h4-5H,2-3H2,1H3. The van der Waals surface area contributed by atoms with Crippen molar-refractivity contribution in [2.24, 2.45) is 0 Å². The van der Waals surface area contributed by atoms with Crippen LogP contribution in [-0.2, 0) is 9.47 Å². The lowest BCUT2D eigenvalue weighted by Gasteiger charge is -2.06. The molecule has 8 heteroatoms. The van der Waals surface area contributed by atoms with Gasteiger partial charge in [-0.05, 0) is 0 Å². The fourth-order valence-electron chi connectivity index (χ4n) is 1.12. The Kier molecular flexibility index (Phi) is 5.33. The van der Waals surface area contributed by atoms with Gasteiger partial charge in [0.2, 0.25) is 0 Å². The first-order chi connectivity index (χ1) is 8.47.